The molecule has 164 valence electrons. The van der Waals surface area contributed by atoms with Crippen LogP contribution in [0.5, 0.6) is 5.75 Å². The van der Waals surface area contributed by atoms with Crippen LogP contribution in [-0.4, -0.2) is 36.1 Å². The number of fused-ring (bicyclic) bond motifs is 1. The van der Waals surface area contributed by atoms with Crippen LogP contribution in [0.4, 0.5) is 0 Å². The molecule has 2 heterocycles. The number of rotatable bonds is 6. The van der Waals surface area contributed by atoms with Gasteiger partial charge in [-0.1, -0.05) is 30.3 Å². The Morgan fingerprint density at radius 3 is 2.34 bits per heavy atom. The van der Waals surface area contributed by atoms with Crippen molar-refractivity contribution in [2.24, 2.45) is 0 Å². The third-order valence-corrected chi connectivity index (χ3v) is 5.33. The highest BCUT2D eigenvalue weighted by Gasteiger charge is 2.19. The molecular formula is C24H23N3O4S. The highest BCUT2D eigenvalue weighted by Crippen LogP contribution is 2.29. The summed E-state index contributed by atoms with van der Waals surface area (Å²) in [6.07, 6.45) is 4.57. The molecule has 0 radical (unpaired) electrons. The van der Waals surface area contributed by atoms with Gasteiger partial charge in [0.25, 0.3) is 5.91 Å². The molecule has 1 amide bonds. The van der Waals surface area contributed by atoms with E-state index < -0.39 is 15.9 Å². The number of nitrogens with one attached hydrogen (secondary N) is 1. The molecule has 2 aromatic carbocycles. The smallest absolute Gasteiger partial charge is 0.265 e. The number of amides is 1. The molecule has 4 rings (SSSR count). The van der Waals surface area contributed by atoms with Crippen molar-refractivity contribution in [2.45, 2.75) is 20.0 Å². The normalized spacial score (nSPS) is 11.6. The molecule has 2 aromatic heterocycles. The van der Waals surface area contributed by atoms with Crippen molar-refractivity contribution in [2.75, 3.05) is 6.26 Å². The molecule has 0 aliphatic carbocycles. The summed E-state index contributed by atoms with van der Waals surface area (Å²) in [5.74, 6) is 0.0795. The molecule has 0 saturated heterocycles. The monoisotopic (exact) mass is 449 g/mol. The standard InChI is InChI=1S/C24H23N3O4S/c1-16(2)31-19-11-9-18(10-12-19)22-14-25-23-13-20(24(28)26-32(3,29)30)21(15-27(22)23)17-7-5-4-6-8-17/h4-16H,1-3H3,(H,26,28). The molecular weight excluding hydrogens is 426 g/mol. The second-order valence-electron chi connectivity index (χ2n) is 7.73. The maximum Gasteiger partial charge on any atom is 0.265 e. The van der Waals surface area contributed by atoms with Gasteiger partial charge in [0.1, 0.15) is 11.4 Å². The first-order chi connectivity index (χ1) is 15.2. The molecule has 0 bridgehead atoms. The van der Waals surface area contributed by atoms with Crippen LogP contribution >= 0.6 is 0 Å². The summed E-state index contributed by atoms with van der Waals surface area (Å²) in [6, 6.07) is 18.6. The number of imidazole rings is 1. The van der Waals surface area contributed by atoms with Crippen LogP contribution in [0, 0.1) is 0 Å². The lowest BCUT2D eigenvalue weighted by Gasteiger charge is -2.13. The van der Waals surface area contributed by atoms with E-state index in [0.29, 0.717) is 11.2 Å². The van der Waals surface area contributed by atoms with E-state index in [-0.39, 0.29) is 11.7 Å². The number of carbonyl (C=O) groups excluding carboxylic acids is 1. The van der Waals surface area contributed by atoms with Crippen LogP contribution in [0.15, 0.2) is 73.1 Å². The summed E-state index contributed by atoms with van der Waals surface area (Å²) >= 11 is 0. The summed E-state index contributed by atoms with van der Waals surface area (Å²) in [5, 5.41) is 0. The average molecular weight is 450 g/mol. The Hall–Kier alpha value is -3.65. The van der Waals surface area contributed by atoms with Gasteiger partial charge in [-0.05, 0) is 49.7 Å². The molecule has 8 heteroatoms. The van der Waals surface area contributed by atoms with Crippen LogP contribution in [-0.2, 0) is 10.0 Å². The van der Waals surface area contributed by atoms with Crippen molar-refractivity contribution in [1.29, 1.82) is 0 Å². The van der Waals surface area contributed by atoms with Crippen molar-refractivity contribution in [3.05, 3.63) is 78.6 Å². The maximum absolute atomic E-state index is 12.8. The Labute approximate surface area is 186 Å². The first kappa shape index (κ1) is 21.6. The fraction of sp³-hybridized carbons (Fsp3) is 0.167. The largest absolute Gasteiger partial charge is 0.491 e. The maximum atomic E-state index is 12.8. The molecule has 0 unspecified atom stereocenters. The molecule has 0 saturated carbocycles. The van der Waals surface area contributed by atoms with Gasteiger partial charge in [-0.3, -0.25) is 9.20 Å². The first-order valence-corrected chi connectivity index (χ1v) is 12.0. The summed E-state index contributed by atoms with van der Waals surface area (Å²) in [4.78, 5) is 17.2. The highest BCUT2D eigenvalue weighted by molar-refractivity contribution is 7.89. The number of carbonyl (C=O) groups is 1. The molecule has 1 N–H and O–H groups in total. The van der Waals surface area contributed by atoms with Gasteiger partial charge < -0.3 is 4.74 Å². The lowest BCUT2D eigenvalue weighted by molar-refractivity contribution is 0.0982. The fourth-order valence-corrected chi connectivity index (χ4v) is 3.92. The Bertz CT molecular complexity index is 1380. The molecule has 0 aliphatic heterocycles. The van der Waals surface area contributed by atoms with Gasteiger partial charge >= 0.3 is 0 Å². The van der Waals surface area contributed by atoms with Crippen molar-refractivity contribution >= 4 is 21.6 Å². The number of pyridine rings is 1. The molecule has 0 atom stereocenters. The average Bonchev–Trinajstić information content (AvgIpc) is 3.15. The minimum atomic E-state index is -3.71. The molecule has 32 heavy (non-hydrogen) atoms. The van der Waals surface area contributed by atoms with Crippen LogP contribution in [0.25, 0.3) is 28.0 Å². The number of sulfonamides is 1. The van der Waals surface area contributed by atoms with Crippen molar-refractivity contribution in [3.63, 3.8) is 0 Å². The number of hydrogen-bond donors (Lipinski definition) is 1. The zero-order chi connectivity index (χ0) is 22.9. The van der Waals surface area contributed by atoms with Gasteiger partial charge in [-0.2, -0.15) is 0 Å². The lowest BCUT2D eigenvalue weighted by Crippen LogP contribution is -2.29. The van der Waals surface area contributed by atoms with E-state index in [1.165, 1.54) is 0 Å². The Balaban J connectivity index is 1.84. The number of ether oxygens (including phenoxy) is 1. The Morgan fingerprint density at radius 1 is 1.03 bits per heavy atom. The summed E-state index contributed by atoms with van der Waals surface area (Å²) in [6.45, 7) is 3.95. The van der Waals surface area contributed by atoms with Crippen molar-refractivity contribution in [3.8, 4) is 28.1 Å². The third kappa shape index (κ3) is 4.65. The van der Waals surface area contributed by atoms with E-state index in [2.05, 4.69) is 9.71 Å². The van der Waals surface area contributed by atoms with Gasteiger partial charge in [-0.15, -0.1) is 0 Å². The second-order valence-corrected chi connectivity index (χ2v) is 9.48. The van der Waals surface area contributed by atoms with Crippen LogP contribution in [0.1, 0.15) is 24.2 Å². The zero-order valence-electron chi connectivity index (χ0n) is 17.9. The van der Waals surface area contributed by atoms with E-state index in [0.717, 1.165) is 28.8 Å². The van der Waals surface area contributed by atoms with Crippen LogP contribution in [0.3, 0.4) is 0 Å². The van der Waals surface area contributed by atoms with Gasteiger partial charge in [0, 0.05) is 17.3 Å². The lowest BCUT2D eigenvalue weighted by atomic mass is 10.0. The van der Waals surface area contributed by atoms with E-state index in [1.54, 1.807) is 12.3 Å². The second kappa shape index (κ2) is 8.47. The minimum Gasteiger partial charge on any atom is -0.491 e. The molecule has 0 aliphatic rings. The van der Waals surface area contributed by atoms with E-state index in [9.17, 15) is 13.2 Å². The SMILES string of the molecule is CC(C)Oc1ccc(-c2cnc3cc(C(=O)NS(C)(=O)=O)c(-c4ccccc4)cn23)cc1. The van der Waals surface area contributed by atoms with Crippen molar-refractivity contribution < 1.29 is 17.9 Å². The van der Waals surface area contributed by atoms with Crippen molar-refractivity contribution in [1.82, 2.24) is 14.1 Å². The predicted molar refractivity (Wildman–Crippen MR) is 124 cm³/mol. The minimum absolute atomic E-state index is 0.0848. The first-order valence-electron chi connectivity index (χ1n) is 10.1. The van der Waals surface area contributed by atoms with E-state index >= 15 is 0 Å². The number of hydrogen-bond acceptors (Lipinski definition) is 5. The van der Waals surface area contributed by atoms with E-state index in [1.807, 2.05) is 79.0 Å². The molecule has 0 fully saturated rings. The molecule has 7 nitrogen and oxygen atoms in total. The summed E-state index contributed by atoms with van der Waals surface area (Å²) in [7, 11) is -3.71. The zero-order valence-corrected chi connectivity index (χ0v) is 18.8. The van der Waals surface area contributed by atoms with E-state index in [4.69, 9.17) is 4.74 Å². The van der Waals surface area contributed by atoms with Gasteiger partial charge in [-0.25, -0.2) is 18.1 Å². The van der Waals surface area contributed by atoms with Crippen LogP contribution < -0.4 is 9.46 Å². The van der Waals surface area contributed by atoms with Crippen LogP contribution in [0.2, 0.25) is 0 Å². The molecule has 4 aromatic rings. The van der Waals surface area contributed by atoms with Gasteiger partial charge in [0.2, 0.25) is 10.0 Å². The Morgan fingerprint density at radius 2 is 1.72 bits per heavy atom. The molecule has 0 spiro atoms. The summed E-state index contributed by atoms with van der Waals surface area (Å²) < 4.78 is 33.0. The van der Waals surface area contributed by atoms with Gasteiger partial charge in [0.15, 0.2) is 0 Å². The Kier molecular flexibility index (Phi) is 5.71. The number of nitrogens with zero attached hydrogens (tertiary/aromatic N) is 2. The summed E-state index contributed by atoms with van der Waals surface area (Å²) in [5.41, 5.74) is 3.91. The fourth-order valence-electron chi connectivity index (χ4n) is 3.47. The number of aromatic nitrogens is 2. The topological polar surface area (TPSA) is 89.8 Å². The predicted octanol–water partition coefficient (Wildman–Crippen LogP) is 4.14. The number of benzene rings is 2. The van der Waals surface area contributed by atoms with Gasteiger partial charge in [0.05, 0.1) is 29.8 Å². The quantitative estimate of drug-likeness (QED) is 0.478. The highest BCUT2D eigenvalue weighted by atomic mass is 32.2. The third-order valence-electron chi connectivity index (χ3n) is 4.78.